The van der Waals surface area contributed by atoms with Gasteiger partial charge in [-0.05, 0) is 81.5 Å². The van der Waals surface area contributed by atoms with Crippen molar-refractivity contribution in [2.24, 2.45) is 5.92 Å². The Morgan fingerprint density at radius 3 is 2.65 bits per heavy atom. The minimum Gasteiger partial charge on any atom is -0.488 e. The minimum atomic E-state index is 0.0100. The molecule has 7 nitrogen and oxygen atoms in total. The molecule has 34 heavy (non-hydrogen) atoms. The second kappa shape index (κ2) is 8.78. The molecule has 1 saturated carbocycles. The molecule has 2 heterocycles. The van der Waals surface area contributed by atoms with Crippen LogP contribution in [0.3, 0.4) is 0 Å². The average molecular weight is 460 g/mol. The number of benzene rings is 2. The van der Waals surface area contributed by atoms with Gasteiger partial charge >= 0.3 is 0 Å². The van der Waals surface area contributed by atoms with Crippen LogP contribution in [-0.4, -0.2) is 40.0 Å². The monoisotopic (exact) mass is 459 g/mol. The van der Waals surface area contributed by atoms with Crippen molar-refractivity contribution in [1.82, 2.24) is 14.9 Å². The number of nitrogens with one attached hydrogen (secondary N) is 1. The first-order valence-corrected chi connectivity index (χ1v) is 12.1. The number of anilines is 2. The number of amides is 1. The molecule has 2 fully saturated rings. The van der Waals surface area contributed by atoms with E-state index in [1.54, 1.807) is 0 Å². The molecule has 0 bridgehead atoms. The molecular formula is C27H33N5O2. The highest BCUT2D eigenvalue weighted by Gasteiger charge is 2.37. The van der Waals surface area contributed by atoms with Gasteiger partial charge in [-0.3, -0.25) is 4.79 Å². The van der Waals surface area contributed by atoms with E-state index in [1.807, 2.05) is 43.9 Å². The normalized spacial score (nSPS) is 18.8. The predicted octanol–water partition coefficient (Wildman–Crippen LogP) is 4.70. The van der Waals surface area contributed by atoms with Crippen molar-refractivity contribution >= 4 is 28.3 Å². The van der Waals surface area contributed by atoms with E-state index in [4.69, 9.17) is 15.5 Å². The summed E-state index contributed by atoms with van der Waals surface area (Å²) in [6, 6.07) is 10.2. The quantitative estimate of drug-likeness (QED) is 0.519. The number of nitrogens with two attached hydrogens (primary N) is 1. The number of carbonyl (C=O) groups excluding carboxylic acids is 1. The predicted molar refractivity (Wildman–Crippen MR) is 135 cm³/mol. The summed E-state index contributed by atoms with van der Waals surface area (Å²) >= 11 is 0. The molecule has 5 rings (SSSR count). The van der Waals surface area contributed by atoms with Crippen LogP contribution in [0.5, 0.6) is 5.75 Å². The number of hydrogen-bond donors (Lipinski definition) is 2. The van der Waals surface area contributed by atoms with Gasteiger partial charge in [-0.15, -0.1) is 0 Å². The van der Waals surface area contributed by atoms with E-state index in [0.717, 1.165) is 70.7 Å². The van der Waals surface area contributed by atoms with Gasteiger partial charge in [0, 0.05) is 30.0 Å². The highest BCUT2D eigenvalue weighted by Crippen LogP contribution is 2.34. The van der Waals surface area contributed by atoms with Gasteiger partial charge in [-0.2, -0.15) is 0 Å². The molecule has 2 aromatic carbocycles. The summed E-state index contributed by atoms with van der Waals surface area (Å²) in [5, 5.41) is 4.48. The number of hydrogen-bond acceptors (Lipinski definition) is 6. The standard InChI is InChI=1S/C27H33N5O2/c1-15-9-20(12-21(28)10-15)17(3)29-26-23-13-25(16(2)11-24(23)30-18(4)31-26)34-22-7-8-32(14-22)27(33)19-5-6-19/h9-13,17,19,22H,5-8,14,28H2,1-4H3,(H,29,30,31)/t17-,22+/m1/s1. The van der Waals surface area contributed by atoms with Crippen molar-refractivity contribution in [2.75, 3.05) is 24.1 Å². The van der Waals surface area contributed by atoms with Crippen LogP contribution in [0, 0.1) is 26.7 Å². The van der Waals surface area contributed by atoms with E-state index in [2.05, 4.69) is 29.4 Å². The molecule has 3 aromatic rings. The number of ether oxygens (including phenoxy) is 1. The number of aromatic nitrogens is 2. The number of rotatable bonds is 6. The van der Waals surface area contributed by atoms with Crippen molar-refractivity contribution in [3.63, 3.8) is 0 Å². The maximum absolute atomic E-state index is 12.4. The Labute approximate surface area is 200 Å². The topological polar surface area (TPSA) is 93.4 Å². The van der Waals surface area contributed by atoms with Gasteiger partial charge < -0.3 is 20.7 Å². The average Bonchev–Trinajstić information content (AvgIpc) is 3.52. The molecular weight excluding hydrogens is 426 g/mol. The molecule has 178 valence electrons. The molecule has 0 radical (unpaired) electrons. The van der Waals surface area contributed by atoms with Gasteiger partial charge in [0.1, 0.15) is 23.5 Å². The fourth-order valence-electron chi connectivity index (χ4n) is 4.79. The summed E-state index contributed by atoms with van der Waals surface area (Å²) in [5.41, 5.74) is 11.0. The van der Waals surface area contributed by atoms with Gasteiger partial charge in [0.25, 0.3) is 0 Å². The van der Waals surface area contributed by atoms with Crippen LogP contribution >= 0.6 is 0 Å². The van der Waals surface area contributed by atoms with Crippen LogP contribution in [-0.2, 0) is 4.79 Å². The molecule has 1 aliphatic carbocycles. The number of nitrogens with zero attached hydrogens (tertiary/aromatic N) is 3. The second-order valence-corrected chi connectivity index (χ2v) is 9.88. The highest BCUT2D eigenvalue weighted by atomic mass is 16.5. The largest absolute Gasteiger partial charge is 0.488 e. The minimum absolute atomic E-state index is 0.0100. The first-order chi connectivity index (χ1) is 16.3. The van der Waals surface area contributed by atoms with Crippen LogP contribution in [0.1, 0.15) is 54.7 Å². The Balaban J connectivity index is 1.40. The third kappa shape index (κ3) is 4.65. The van der Waals surface area contributed by atoms with Crippen LogP contribution in [0.25, 0.3) is 10.9 Å². The van der Waals surface area contributed by atoms with E-state index < -0.39 is 0 Å². The summed E-state index contributed by atoms with van der Waals surface area (Å²) < 4.78 is 6.41. The SMILES string of the molecule is Cc1cc(N)cc([C@@H](C)Nc2nc(C)nc3cc(C)c(O[C@H]4CCN(C(=O)C5CC5)C4)cc23)c1. The lowest BCUT2D eigenvalue weighted by Crippen LogP contribution is -2.32. The summed E-state index contributed by atoms with van der Waals surface area (Å²) in [7, 11) is 0. The molecule has 0 spiro atoms. The number of fused-ring (bicyclic) bond motifs is 1. The summed E-state index contributed by atoms with van der Waals surface area (Å²) in [6.45, 7) is 9.54. The van der Waals surface area contributed by atoms with Crippen LogP contribution in [0.15, 0.2) is 30.3 Å². The molecule has 2 atom stereocenters. The zero-order valence-corrected chi connectivity index (χ0v) is 20.4. The van der Waals surface area contributed by atoms with Crippen molar-refractivity contribution in [1.29, 1.82) is 0 Å². The maximum atomic E-state index is 12.4. The lowest BCUT2D eigenvalue weighted by Gasteiger charge is -2.20. The Morgan fingerprint density at radius 1 is 1.12 bits per heavy atom. The zero-order valence-electron chi connectivity index (χ0n) is 20.4. The first-order valence-electron chi connectivity index (χ1n) is 12.1. The number of nitrogen functional groups attached to an aromatic ring is 1. The van der Waals surface area contributed by atoms with E-state index >= 15 is 0 Å². The van der Waals surface area contributed by atoms with Gasteiger partial charge in [0.2, 0.25) is 5.91 Å². The molecule has 1 saturated heterocycles. The smallest absolute Gasteiger partial charge is 0.225 e. The molecule has 3 N–H and O–H groups in total. The summed E-state index contributed by atoms with van der Waals surface area (Å²) in [6.07, 6.45) is 2.94. The van der Waals surface area contributed by atoms with Crippen LogP contribution in [0.2, 0.25) is 0 Å². The zero-order chi connectivity index (χ0) is 24.0. The number of carbonyl (C=O) groups is 1. The van der Waals surface area contributed by atoms with E-state index in [0.29, 0.717) is 18.3 Å². The number of likely N-dealkylation sites (tertiary alicyclic amines) is 1. The molecule has 1 amide bonds. The van der Waals surface area contributed by atoms with E-state index in [1.165, 1.54) is 0 Å². The summed E-state index contributed by atoms with van der Waals surface area (Å²) in [4.78, 5) is 23.8. The second-order valence-electron chi connectivity index (χ2n) is 9.88. The Morgan fingerprint density at radius 2 is 1.91 bits per heavy atom. The third-order valence-corrected chi connectivity index (χ3v) is 6.76. The van der Waals surface area contributed by atoms with Crippen molar-refractivity contribution in [2.45, 2.75) is 59.1 Å². The van der Waals surface area contributed by atoms with Crippen molar-refractivity contribution < 1.29 is 9.53 Å². The molecule has 2 aliphatic rings. The molecule has 1 aliphatic heterocycles. The Kier molecular flexibility index (Phi) is 5.80. The van der Waals surface area contributed by atoms with Gasteiger partial charge in [-0.1, -0.05) is 6.07 Å². The van der Waals surface area contributed by atoms with Gasteiger partial charge in [0.15, 0.2) is 0 Å². The van der Waals surface area contributed by atoms with Gasteiger partial charge in [-0.25, -0.2) is 9.97 Å². The fourth-order valence-corrected chi connectivity index (χ4v) is 4.79. The molecule has 0 unspecified atom stereocenters. The lowest BCUT2D eigenvalue weighted by molar-refractivity contribution is -0.131. The fraction of sp³-hybridized carbons (Fsp3) is 0.444. The van der Waals surface area contributed by atoms with E-state index in [-0.39, 0.29) is 18.1 Å². The van der Waals surface area contributed by atoms with Crippen LogP contribution < -0.4 is 15.8 Å². The molecule has 7 heteroatoms. The lowest BCUT2D eigenvalue weighted by atomic mass is 10.0. The third-order valence-electron chi connectivity index (χ3n) is 6.76. The van der Waals surface area contributed by atoms with Gasteiger partial charge in [0.05, 0.1) is 18.1 Å². The van der Waals surface area contributed by atoms with Crippen LogP contribution in [0.4, 0.5) is 11.5 Å². The molecule has 1 aromatic heterocycles. The first kappa shape index (κ1) is 22.4. The maximum Gasteiger partial charge on any atom is 0.225 e. The Hall–Kier alpha value is -3.35. The van der Waals surface area contributed by atoms with Crippen molar-refractivity contribution in [3.05, 3.63) is 52.8 Å². The number of aryl methyl sites for hydroxylation is 3. The van der Waals surface area contributed by atoms with E-state index in [9.17, 15) is 4.79 Å². The van der Waals surface area contributed by atoms with Crippen molar-refractivity contribution in [3.8, 4) is 5.75 Å². The highest BCUT2D eigenvalue weighted by molar-refractivity contribution is 5.91. The Bertz CT molecular complexity index is 1230. The summed E-state index contributed by atoms with van der Waals surface area (Å²) in [5.74, 6) is 2.85.